The van der Waals surface area contributed by atoms with Gasteiger partial charge in [0.2, 0.25) is 5.95 Å². The van der Waals surface area contributed by atoms with E-state index in [1.165, 1.54) is 0 Å². The first-order valence-corrected chi connectivity index (χ1v) is 8.39. The first-order chi connectivity index (χ1) is 12.0. The van der Waals surface area contributed by atoms with Crippen molar-refractivity contribution in [2.24, 2.45) is 5.92 Å². The van der Waals surface area contributed by atoms with Crippen LogP contribution in [0.3, 0.4) is 0 Å². The molecular weight excluding hydrogens is 318 g/mol. The number of likely N-dealkylation sites (tertiary alicyclic amines) is 1. The minimum absolute atomic E-state index is 0.114. The number of phenolic OH excluding ortho intramolecular Hbond substituents is 1. The molecule has 1 aromatic carbocycles. The third-order valence-corrected chi connectivity index (χ3v) is 4.34. The van der Waals surface area contributed by atoms with Gasteiger partial charge in [-0.3, -0.25) is 9.69 Å². The highest BCUT2D eigenvalue weighted by atomic mass is 16.3. The average Bonchev–Trinajstić information content (AvgIpc) is 2.99. The number of nitrogens with two attached hydrogens (primary N) is 1. The number of rotatable bonds is 5. The van der Waals surface area contributed by atoms with E-state index in [-0.39, 0.29) is 11.9 Å². The molecule has 0 bridgehead atoms. The van der Waals surface area contributed by atoms with Crippen molar-refractivity contribution in [2.45, 2.75) is 19.9 Å². The van der Waals surface area contributed by atoms with E-state index in [0.29, 0.717) is 29.6 Å². The normalized spacial score (nSPS) is 17.6. The van der Waals surface area contributed by atoms with Crippen LogP contribution in [0.25, 0.3) is 0 Å². The van der Waals surface area contributed by atoms with Gasteiger partial charge in [0.1, 0.15) is 11.4 Å². The SMILES string of the molecule is Cc1cc(C(=O)NC[C@H]2CCN(Cc3cccc(O)c3)C2)nc(N)n1. The molecular formula is C18H23N5O2. The Balaban J connectivity index is 1.49. The average molecular weight is 341 g/mol. The highest BCUT2D eigenvalue weighted by molar-refractivity contribution is 5.92. The summed E-state index contributed by atoms with van der Waals surface area (Å²) in [6, 6.07) is 8.96. The fourth-order valence-corrected chi connectivity index (χ4v) is 3.17. The second-order valence-corrected chi connectivity index (χ2v) is 6.52. The van der Waals surface area contributed by atoms with Crippen LogP contribution in [0.2, 0.25) is 0 Å². The summed E-state index contributed by atoms with van der Waals surface area (Å²) in [5, 5.41) is 12.5. The van der Waals surface area contributed by atoms with Crippen LogP contribution in [0.15, 0.2) is 30.3 Å². The van der Waals surface area contributed by atoms with Gasteiger partial charge in [-0.05, 0) is 49.6 Å². The summed E-state index contributed by atoms with van der Waals surface area (Å²) in [4.78, 5) is 22.5. The molecule has 2 aromatic rings. The predicted octanol–water partition coefficient (Wildman–Crippen LogP) is 1.32. The molecule has 1 saturated heterocycles. The number of aromatic hydroxyl groups is 1. The minimum Gasteiger partial charge on any atom is -0.508 e. The van der Waals surface area contributed by atoms with E-state index in [0.717, 1.165) is 31.6 Å². The molecule has 4 N–H and O–H groups in total. The number of aromatic nitrogens is 2. The second-order valence-electron chi connectivity index (χ2n) is 6.52. The molecule has 0 unspecified atom stereocenters. The number of benzene rings is 1. The summed E-state index contributed by atoms with van der Waals surface area (Å²) in [5.74, 6) is 0.591. The first kappa shape index (κ1) is 17.2. The number of hydrogen-bond acceptors (Lipinski definition) is 6. The number of nitrogen functional groups attached to an aromatic ring is 1. The van der Waals surface area contributed by atoms with Gasteiger partial charge in [-0.1, -0.05) is 12.1 Å². The summed E-state index contributed by atoms with van der Waals surface area (Å²) in [6.45, 7) is 5.10. The number of amides is 1. The summed E-state index contributed by atoms with van der Waals surface area (Å²) in [7, 11) is 0. The highest BCUT2D eigenvalue weighted by Gasteiger charge is 2.23. The number of carbonyl (C=O) groups excluding carboxylic acids is 1. The van der Waals surface area contributed by atoms with Gasteiger partial charge in [0.15, 0.2) is 0 Å². The molecule has 0 radical (unpaired) electrons. The lowest BCUT2D eigenvalue weighted by Gasteiger charge is -2.16. The van der Waals surface area contributed by atoms with Crippen molar-refractivity contribution in [1.82, 2.24) is 20.2 Å². The molecule has 2 heterocycles. The second kappa shape index (κ2) is 7.48. The van der Waals surface area contributed by atoms with E-state index in [2.05, 4.69) is 20.2 Å². The Hall–Kier alpha value is -2.67. The van der Waals surface area contributed by atoms with Gasteiger partial charge < -0.3 is 16.2 Å². The third-order valence-electron chi connectivity index (χ3n) is 4.34. The van der Waals surface area contributed by atoms with E-state index in [1.807, 2.05) is 12.1 Å². The number of anilines is 1. The topological polar surface area (TPSA) is 104 Å². The largest absolute Gasteiger partial charge is 0.508 e. The summed E-state index contributed by atoms with van der Waals surface area (Å²) in [5.41, 5.74) is 7.67. The van der Waals surface area contributed by atoms with Crippen molar-refractivity contribution in [3.8, 4) is 5.75 Å². The van der Waals surface area contributed by atoms with Gasteiger partial charge >= 0.3 is 0 Å². The Labute approximate surface area is 146 Å². The molecule has 0 saturated carbocycles. The molecule has 0 spiro atoms. The Morgan fingerprint density at radius 2 is 2.24 bits per heavy atom. The lowest BCUT2D eigenvalue weighted by Crippen LogP contribution is -2.31. The van der Waals surface area contributed by atoms with Gasteiger partial charge in [-0.2, -0.15) is 0 Å². The Morgan fingerprint density at radius 1 is 1.40 bits per heavy atom. The van der Waals surface area contributed by atoms with Crippen LogP contribution in [0, 0.1) is 12.8 Å². The number of nitrogens with zero attached hydrogens (tertiary/aromatic N) is 3. The van der Waals surface area contributed by atoms with Crippen molar-refractivity contribution >= 4 is 11.9 Å². The Kier molecular flexibility index (Phi) is 5.14. The van der Waals surface area contributed by atoms with Crippen LogP contribution in [0.1, 0.15) is 28.2 Å². The van der Waals surface area contributed by atoms with Gasteiger partial charge in [0.25, 0.3) is 5.91 Å². The van der Waals surface area contributed by atoms with Crippen LogP contribution >= 0.6 is 0 Å². The summed E-state index contributed by atoms with van der Waals surface area (Å²) < 4.78 is 0. The quantitative estimate of drug-likeness (QED) is 0.758. The molecule has 1 amide bonds. The smallest absolute Gasteiger partial charge is 0.270 e. The number of nitrogens with one attached hydrogen (secondary N) is 1. The molecule has 1 aromatic heterocycles. The van der Waals surface area contributed by atoms with Gasteiger partial charge in [-0.15, -0.1) is 0 Å². The van der Waals surface area contributed by atoms with Crippen molar-refractivity contribution in [2.75, 3.05) is 25.4 Å². The first-order valence-electron chi connectivity index (χ1n) is 8.39. The van der Waals surface area contributed by atoms with Crippen LogP contribution < -0.4 is 11.1 Å². The molecule has 3 rings (SSSR count). The zero-order valence-corrected chi connectivity index (χ0v) is 14.3. The molecule has 1 atom stereocenters. The van der Waals surface area contributed by atoms with E-state index in [9.17, 15) is 9.90 Å². The number of phenols is 1. The van der Waals surface area contributed by atoms with Crippen molar-refractivity contribution in [1.29, 1.82) is 0 Å². The molecule has 25 heavy (non-hydrogen) atoms. The van der Waals surface area contributed by atoms with Crippen LogP contribution in [0.4, 0.5) is 5.95 Å². The van der Waals surface area contributed by atoms with E-state index in [1.54, 1.807) is 25.1 Å². The molecule has 132 valence electrons. The number of aryl methyl sites for hydroxylation is 1. The molecule has 7 heteroatoms. The molecule has 1 aliphatic rings. The van der Waals surface area contributed by atoms with Gasteiger partial charge in [0, 0.05) is 25.3 Å². The third kappa shape index (κ3) is 4.67. The standard InChI is InChI=1S/C18H23N5O2/c1-12-7-16(22-18(19)21-12)17(25)20-9-14-5-6-23(11-14)10-13-3-2-4-15(24)8-13/h2-4,7-8,14,24H,5-6,9-11H2,1H3,(H,20,25)(H2,19,21,22)/t14-/m1/s1. The fourth-order valence-electron chi connectivity index (χ4n) is 3.17. The van der Waals surface area contributed by atoms with Crippen molar-refractivity contribution < 1.29 is 9.90 Å². The van der Waals surface area contributed by atoms with Crippen molar-refractivity contribution in [3.05, 3.63) is 47.3 Å². The maximum absolute atomic E-state index is 12.2. The van der Waals surface area contributed by atoms with E-state index in [4.69, 9.17) is 5.73 Å². The lowest BCUT2D eigenvalue weighted by atomic mass is 10.1. The number of hydrogen-bond donors (Lipinski definition) is 3. The maximum Gasteiger partial charge on any atom is 0.270 e. The Morgan fingerprint density at radius 3 is 3.00 bits per heavy atom. The molecule has 1 aliphatic heterocycles. The van der Waals surface area contributed by atoms with Gasteiger partial charge in [-0.25, -0.2) is 9.97 Å². The van der Waals surface area contributed by atoms with E-state index < -0.39 is 0 Å². The van der Waals surface area contributed by atoms with Crippen LogP contribution in [0.5, 0.6) is 5.75 Å². The van der Waals surface area contributed by atoms with Crippen LogP contribution in [-0.4, -0.2) is 45.5 Å². The fraction of sp³-hybridized carbons (Fsp3) is 0.389. The highest BCUT2D eigenvalue weighted by Crippen LogP contribution is 2.20. The zero-order valence-electron chi connectivity index (χ0n) is 14.3. The maximum atomic E-state index is 12.2. The van der Waals surface area contributed by atoms with Crippen LogP contribution in [-0.2, 0) is 6.54 Å². The minimum atomic E-state index is -0.219. The van der Waals surface area contributed by atoms with Gasteiger partial charge in [0.05, 0.1) is 0 Å². The Bertz CT molecular complexity index is 745. The molecule has 1 fully saturated rings. The van der Waals surface area contributed by atoms with Crippen molar-refractivity contribution in [3.63, 3.8) is 0 Å². The number of carbonyl (C=O) groups is 1. The predicted molar refractivity (Wildman–Crippen MR) is 95.0 cm³/mol. The lowest BCUT2D eigenvalue weighted by molar-refractivity contribution is 0.0942. The summed E-state index contributed by atoms with van der Waals surface area (Å²) >= 11 is 0. The summed E-state index contributed by atoms with van der Waals surface area (Å²) in [6.07, 6.45) is 1.03. The van der Waals surface area contributed by atoms with E-state index >= 15 is 0 Å². The zero-order chi connectivity index (χ0) is 17.8. The monoisotopic (exact) mass is 341 g/mol. The molecule has 7 nitrogen and oxygen atoms in total. The molecule has 0 aliphatic carbocycles.